The van der Waals surface area contributed by atoms with Gasteiger partial charge in [-0.3, -0.25) is 0 Å². The molecule has 2 N–H and O–H groups in total. The number of nitrogen functional groups attached to an aromatic ring is 1. The molecule has 0 radical (unpaired) electrons. The van der Waals surface area contributed by atoms with Crippen molar-refractivity contribution >= 4 is 29.0 Å². The van der Waals surface area contributed by atoms with Gasteiger partial charge in [0.2, 0.25) is 0 Å². The first-order valence-corrected chi connectivity index (χ1v) is 6.59. The molecule has 0 atom stereocenters. The van der Waals surface area contributed by atoms with E-state index in [1.165, 1.54) is 6.07 Å². The molecular weight excluding hydrogens is 363 g/mol. The second-order valence-corrected chi connectivity index (χ2v) is 5.35. The number of hydrogen-bond acceptors (Lipinski definition) is 4. The lowest BCUT2D eigenvalue weighted by Crippen LogP contribution is -2.36. The van der Waals surface area contributed by atoms with Crippen molar-refractivity contribution in [3.63, 3.8) is 0 Å². The second kappa shape index (κ2) is 4.66. The third-order valence-corrected chi connectivity index (χ3v) is 3.79. The van der Waals surface area contributed by atoms with Gasteiger partial charge in [-0.1, -0.05) is 23.2 Å². The van der Waals surface area contributed by atoms with Gasteiger partial charge in [0.1, 0.15) is 22.6 Å². The van der Waals surface area contributed by atoms with E-state index in [1.54, 1.807) is 6.07 Å². The number of rotatable bonds is 1. The topological polar surface area (TPSA) is 76.9 Å². The standard InChI is InChI=1S/C12H4Cl2F4N4O/c13-6-2-5-10(23-12(17,18)11(5,15)16)8(14)9(6)22-7(20)1-4(3-19)21-22/h1-2H,20H2. The molecule has 120 valence electrons. The number of hydrogen-bond donors (Lipinski definition) is 1. The second-order valence-electron chi connectivity index (χ2n) is 4.57. The maximum atomic E-state index is 13.7. The lowest BCUT2D eigenvalue weighted by atomic mass is 10.1. The monoisotopic (exact) mass is 366 g/mol. The van der Waals surface area contributed by atoms with E-state index in [2.05, 4.69) is 9.84 Å². The predicted molar refractivity (Wildman–Crippen MR) is 72.2 cm³/mol. The van der Waals surface area contributed by atoms with E-state index in [1.807, 2.05) is 0 Å². The van der Waals surface area contributed by atoms with Crippen LogP contribution in [0.25, 0.3) is 5.69 Å². The number of fused-ring (bicyclic) bond motifs is 1. The molecule has 3 rings (SSSR count). The number of anilines is 1. The van der Waals surface area contributed by atoms with E-state index in [-0.39, 0.29) is 17.2 Å². The molecule has 2 heterocycles. The number of ether oxygens (including phenoxy) is 1. The summed E-state index contributed by atoms with van der Waals surface area (Å²) in [6.45, 7) is 0. The number of nitriles is 1. The Labute approximate surface area is 135 Å². The highest BCUT2D eigenvalue weighted by atomic mass is 35.5. The van der Waals surface area contributed by atoms with Crippen LogP contribution in [0.4, 0.5) is 23.4 Å². The summed E-state index contributed by atoms with van der Waals surface area (Å²) in [4.78, 5) is 0. The van der Waals surface area contributed by atoms with Crippen LogP contribution in [0.15, 0.2) is 12.1 Å². The Hall–Kier alpha value is -2.18. The molecule has 11 heteroatoms. The number of nitrogens with zero attached hydrogens (tertiary/aromatic N) is 3. The lowest BCUT2D eigenvalue weighted by molar-refractivity contribution is -0.296. The molecule has 0 saturated carbocycles. The van der Waals surface area contributed by atoms with Crippen molar-refractivity contribution in [3.05, 3.63) is 33.4 Å². The average molecular weight is 367 g/mol. The Morgan fingerprint density at radius 1 is 1.26 bits per heavy atom. The van der Waals surface area contributed by atoms with Crippen LogP contribution in [0.2, 0.25) is 10.0 Å². The van der Waals surface area contributed by atoms with Gasteiger partial charge < -0.3 is 10.5 Å². The van der Waals surface area contributed by atoms with E-state index < -0.39 is 33.4 Å². The van der Waals surface area contributed by atoms with Gasteiger partial charge in [0, 0.05) is 6.07 Å². The molecule has 1 aliphatic rings. The van der Waals surface area contributed by atoms with Crippen molar-refractivity contribution in [2.75, 3.05) is 5.73 Å². The summed E-state index contributed by atoms with van der Waals surface area (Å²) < 4.78 is 58.9. The molecule has 1 aromatic carbocycles. The zero-order chi connectivity index (χ0) is 17.2. The minimum atomic E-state index is -4.77. The summed E-state index contributed by atoms with van der Waals surface area (Å²) in [6, 6.07) is 3.48. The first-order chi connectivity index (χ1) is 10.6. The number of halogens is 6. The molecular formula is C12H4Cl2F4N4O. The molecule has 23 heavy (non-hydrogen) atoms. The van der Waals surface area contributed by atoms with Crippen LogP contribution < -0.4 is 10.5 Å². The Balaban J connectivity index is 2.28. The van der Waals surface area contributed by atoms with Crippen molar-refractivity contribution in [2.24, 2.45) is 0 Å². The zero-order valence-corrected chi connectivity index (χ0v) is 12.3. The molecule has 0 amide bonds. The van der Waals surface area contributed by atoms with Crippen LogP contribution >= 0.6 is 23.2 Å². The zero-order valence-electron chi connectivity index (χ0n) is 10.7. The van der Waals surface area contributed by atoms with E-state index in [9.17, 15) is 17.6 Å². The summed E-state index contributed by atoms with van der Waals surface area (Å²) in [6.07, 6.45) is -4.77. The Morgan fingerprint density at radius 2 is 1.91 bits per heavy atom. The van der Waals surface area contributed by atoms with Gasteiger partial charge >= 0.3 is 12.0 Å². The first kappa shape index (κ1) is 15.7. The smallest absolute Gasteiger partial charge is 0.426 e. The molecule has 0 saturated heterocycles. The molecule has 0 spiro atoms. The normalized spacial score (nSPS) is 17.4. The largest absolute Gasteiger partial charge is 0.469 e. The highest BCUT2D eigenvalue weighted by molar-refractivity contribution is 6.39. The van der Waals surface area contributed by atoms with Gasteiger partial charge in [0.25, 0.3) is 0 Å². The van der Waals surface area contributed by atoms with Crippen LogP contribution in [-0.4, -0.2) is 15.9 Å². The summed E-state index contributed by atoms with van der Waals surface area (Å²) in [7, 11) is 0. The molecule has 5 nitrogen and oxygen atoms in total. The van der Waals surface area contributed by atoms with Crippen molar-refractivity contribution < 1.29 is 22.3 Å². The van der Waals surface area contributed by atoms with E-state index in [4.69, 9.17) is 34.2 Å². The summed E-state index contributed by atoms with van der Waals surface area (Å²) in [5, 5.41) is 11.5. The molecule has 1 aliphatic heterocycles. The Kier molecular flexibility index (Phi) is 3.18. The minimum Gasteiger partial charge on any atom is -0.426 e. The van der Waals surface area contributed by atoms with Gasteiger partial charge in [0.05, 0.1) is 10.6 Å². The SMILES string of the molecule is N#Cc1cc(N)n(-c2c(Cl)cc3c(c2Cl)OC(F)(F)C3(F)F)n1. The third kappa shape index (κ3) is 2.02. The van der Waals surface area contributed by atoms with Crippen molar-refractivity contribution in [1.82, 2.24) is 9.78 Å². The first-order valence-electron chi connectivity index (χ1n) is 5.83. The maximum absolute atomic E-state index is 13.7. The summed E-state index contributed by atoms with van der Waals surface area (Å²) >= 11 is 11.8. The van der Waals surface area contributed by atoms with Crippen LogP contribution in [0, 0.1) is 11.3 Å². The number of benzene rings is 1. The Bertz CT molecular complexity index is 875. The fraction of sp³-hybridized carbons (Fsp3) is 0.167. The van der Waals surface area contributed by atoms with Crippen LogP contribution in [0.3, 0.4) is 0 Å². The highest BCUT2D eigenvalue weighted by Gasteiger charge is 2.67. The Morgan fingerprint density at radius 3 is 2.48 bits per heavy atom. The van der Waals surface area contributed by atoms with E-state index in [0.717, 1.165) is 4.68 Å². The minimum absolute atomic E-state index is 0.0955. The molecule has 0 bridgehead atoms. The average Bonchev–Trinajstić information content (AvgIpc) is 2.90. The van der Waals surface area contributed by atoms with Gasteiger partial charge in [-0.25, -0.2) is 4.68 Å². The predicted octanol–water partition coefficient (Wildman–Crippen LogP) is 3.71. The number of nitrogens with two attached hydrogens (primary N) is 1. The van der Waals surface area contributed by atoms with Gasteiger partial charge in [-0.05, 0) is 6.07 Å². The quantitative estimate of drug-likeness (QED) is 0.780. The van der Waals surface area contributed by atoms with E-state index in [0.29, 0.717) is 6.07 Å². The molecule has 0 fully saturated rings. The van der Waals surface area contributed by atoms with Crippen LogP contribution in [-0.2, 0) is 5.92 Å². The van der Waals surface area contributed by atoms with E-state index >= 15 is 0 Å². The van der Waals surface area contributed by atoms with Crippen LogP contribution in [0.5, 0.6) is 5.75 Å². The fourth-order valence-corrected chi connectivity index (χ4v) is 2.75. The summed E-state index contributed by atoms with van der Waals surface area (Å²) in [5.74, 6) is -5.61. The molecule has 0 unspecified atom stereocenters. The van der Waals surface area contributed by atoms with Crippen molar-refractivity contribution in [1.29, 1.82) is 5.26 Å². The molecule has 1 aromatic heterocycles. The maximum Gasteiger partial charge on any atom is 0.469 e. The van der Waals surface area contributed by atoms with Gasteiger partial charge in [-0.15, -0.1) is 0 Å². The van der Waals surface area contributed by atoms with Crippen molar-refractivity contribution in [2.45, 2.75) is 12.0 Å². The van der Waals surface area contributed by atoms with Crippen LogP contribution in [0.1, 0.15) is 11.3 Å². The van der Waals surface area contributed by atoms with Gasteiger partial charge in [-0.2, -0.15) is 27.9 Å². The highest BCUT2D eigenvalue weighted by Crippen LogP contribution is 2.57. The van der Waals surface area contributed by atoms with Crippen molar-refractivity contribution in [3.8, 4) is 17.5 Å². The fourth-order valence-electron chi connectivity index (χ4n) is 2.10. The third-order valence-electron chi connectivity index (χ3n) is 3.15. The van der Waals surface area contributed by atoms with Gasteiger partial charge in [0.15, 0.2) is 11.4 Å². The number of alkyl halides is 4. The lowest BCUT2D eigenvalue weighted by Gasteiger charge is -2.15. The number of aromatic nitrogens is 2. The molecule has 0 aliphatic carbocycles. The summed E-state index contributed by atoms with van der Waals surface area (Å²) in [5.41, 5.74) is 4.13. The molecule has 2 aromatic rings.